The van der Waals surface area contributed by atoms with Gasteiger partial charge in [-0.15, -0.1) is 0 Å². The molecule has 0 aliphatic heterocycles. The maximum Gasteiger partial charge on any atom is 0.337 e. The summed E-state index contributed by atoms with van der Waals surface area (Å²) in [6.45, 7) is 0. The van der Waals surface area contributed by atoms with Gasteiger partial charge >= 0.3 is 5.97 Å². The van der Waals surface area contributed by atoms with Crippen LogP contribution in [0.5, 0.6) is 0 Å². The van der Waals surface area contributed by atoms with E-state index in [0.717, 1.165) is 18.4 Å². The lowest BCUT2D eigenvalue weighted by Gasteiger charge is -2.33. The molecule has 1 aromatic carbocycles. The molecule has 18 heavy (non-hydrogen) atoms. The topological polar surface area (TPSA) is 72.5 Å². The van der Waals surface area contributed by atoms with Gasteiger partial charge in [0.25, 0.3) is 0 Å². The van der Waals surface area contributed by atoms with Gasteiger partial charge in [-0.2, -0.15) is 0 Å². The van der Waals surface area contributed by atoms with E-state index in [-0.39, 0.29) is 12.0 Å². The molecule has 0 aromatic heterocycles. The van der Waals surface area contributed by atoms with Crippen molar-refractivity contribution in [2.75, 3.05) is 7.11 Å². The van der Waals surface area contributed by atoms with Gasteiger partial charge in [0.05, 0.1) is 24.8 Å². The number of esters is 1. The molecular weight excluding hydrogens is 230 g/mol. The zero-order valence-corrected chi connectivity index (χ0v) is 10.5. The standard InChI is InChI=1S/C14H19NO3/c1-18-14(17)11-7-5-9(6-8-11)12(15)13(16)10-3-2-4-10/h5-8,10,12-13,16H,2-4,15H2,1H3/t12-,13+/m1/s1. The van der Waals surface area contributed by atoms with Crippen molar-refractivity contribution in [1.29, 1.82) is 0 Å². The summed E-state index contributed by atoms with van der Waals surface area (Å²) in [7, 11) is 1.35. The Morgan fingerprint density at radius 3 is 2.44 bits per heavy atom. The van der Waals surface area contributed by atoms with Crippen LogP contribution in [0, 0.1) is 5.92 Å². The summed E-state index contributed by atoms with van der Waals surface area (Å²) >= 11 is 0. The van der Waals surface area contributed by atoms with E-state index in [1.54, 1.807) is 24.3 Å². The highest BCUT2D eigenvalue weighted by Crippen LogP contribution is 2.34. The summed E-state index contributed by atoms with van der Waals surface area (Å²) < 4.78 is 4.63. The van der Waals surface area contributed by atoms with Crippen LogP contribution in [0.4, 0.5) is 0 Å². The van der Waals surface area contributed by atoms with Crippen LogP contribution in [-0.2, 0) is 4.74 Å². The molecule has 0 amide bonds. The van der Waals surface area contributed by atoms with Crippen LogP contribution in [0.2, 0.25) is 0 Å². The molecule has 0 saturated heterocycles. The van der Waals surface area contributed by atoms with Gasteiger partial charge in [0.1, 0.15) is 0 Å². The zero-order chi connectivity index (χ0) is 13.1. The molecule has 2 atom stereocenters. The van der Waals surface area contributed by atoms with Crippen molar-refractivity contribution in [3.8, 4) is 0 Å². The van der Waals surface area contributed by atoms with Crippen LogP contribution < -0.4 is 5.73 Å². The van der Waals surface area contributed by atoms with E-state index in [1.165, 1.54) is 13.5 Å². The van der Waals surface area contributed by atoms with Crippen LogP contribution in [0.25, 0.3) is 0 Å². The van der Waals surface area contributed by atoms with Crippen LogP contribution in [-0.4, -0.2) is 24.3 Å². The second-order valence-electron chi connectivity index (χ2n) is 4.82. The van der Waals surface area contributed by atoms with Crippen LogP contribution >= 0.6 is 0 Å². The van der Waals surface area contributed by atoms with E-state index in [9.17, 15) is 9.90 Å². The highest BCUT2D eigenvalue weighted by molar-refractivity contribution is 5.89. The molecule has 4 heteroatoms. The highest BCUT2D eigenvalue weighted by atomic mass is 16.5. The second kappa shape index (κ2) is 5.50. The predicted octanol–water partition coefficient (Wildman–Crippen LogP) is 1.63. The molecule has 1 aliphatic carbocycles. The average Bonchev–Trinajstić information content (AvgIpc) is 2.35. The molecule has 0 heterocycles. The molecule has 2 rings (SSSR count). The summed E-state index contributed by atoms with van der Waals surface area (Å²) in [6.07, 6.45) is 2.78. The monoisotopic (exact) mass is 249 g/mol. The molecule has 1 aliphatic rings. The number of carbonyl (C=O) groups excluding carboxylic acids is 1. The fourth-order valence-electron chi connectivity index (χ4n) is 2.23. The van der Waals surface area contributed by atoms with E-state index in [4.69, 9.17) is 5.73 Å². The summed E-state index contributed by atoms with van der Waals surface area (Å²) in [5.74, 6) is -0.0463. The minimum Gasteiger partial charge on any atom is -0.465 e. The number of carbonyl (C=O) groups is 1. The maximum absolute atomic E-state index is 11.3. The lowest BCUT2D eigenvalue weighted by molar-refractivity contribution is 0.0413. The van der Waals surface area contributed by atoms with Crippen LogP contribution in [0.1, 0.15) is 41.2 Å². The number of methoxy groups -OCH3 is 1. The van der Waals surface area contributed by atoms with Gasteiger partial charge in [-0.25, -0.2) is 4.79 Å². The van der Waals surface area contributed by atoms with Gasteiger partial charge in [0, 0.05) is 0 Å². The van der Waals surface area contributed by atoms with Crippen molar-refractivity contribution in [1.82, 2.24) is 0 Å². The van der Waals surface area contributed by atoms with E-state index in [1.807, 2.05) is 0 Å². The summed E-state index contributed by atoms with van der Waals surface area (Å²) in [5, 5.41) is 10.1. The minimum atomic E-state index is -0.497. The van der Waals surface area contributed by atoms with Crippen molar-refractivity contribution >= 4 is 5.97 Å². The Bertz CT molecular complexity index is 412. The number of aliphatic hydroxyl groups is 1. The van der Waals surface area contributed by atoms with Gasteiger partial charge < -0.3 is 15.6 Å². The normalized spacial score (nSPS) is 18.8. The first-order valence-corrected chi connectivity index (χ1v) is 6.25. The maximum atomic E-state index is 11.3. The Morgan fingerprint density at radius 2 is 2.00 bits per heavy atom. The number of hydrogen-bond acceptors (Lipinski definition) is 4. The molecule has 4 nitrogen and oxygen atoms in total. The molecule has 1 fully saturated rings. The SMILES string of the molecule is COC(=O)c1ccc([C@@H](N)[C@@H](O)C2CCC2)cc1. The predicted molar refractivity (Wildman–Crippen MR) is 68.1 cm³/mol. The zero-order valence-electron chi connectivity index (χ0n) is 10.5. The number of ether oxygens (including phenoxy) is 1. The lowest BCUT2D eigenvalue weighted by atomic mass is 9.77. The number of benzene rings is 1. The lowest BCUT2D eigenvalue weighted by Crippen LogP contribution is -2.36. The van der Waals surface area contributed by atoms with Gasteiger partial charge in [0.2, 0.25) is 0 Å². The Kier molecular flexibility index (Phi) is 3.99. The van der Waals surface area contributed by atoms with Crippen molar-refractivity contribution < 1.29 is 14.6 Å². The van der Waals surface area contributed by atoms with E-state index < -0.39 is 6.10 Å². The Hall–Kier alpha value is -1.39. The third-order valence-electron chi connectivity index (χ3n) is 3.72. The first kappa shape index (κ1) is 13.1. The summed E-state index contributed by atoms with van der Waals surface area (Å²) in [6, 6.07) is 6.52. The van der Waals surface area contributed by atoms with E-state index in [0.29, 0.717) is 11.5 Å². The quantitative estimate of drug-likeness (QED) is 0.796. The fraction of sp³-hybridized carbons (Fsp3) is 0.500. The van der Waals surface area contributed by atoms with Crippen molar-refractivity contribution in [3.05, 3.63) is 35.4 Å². The number of aliphatic hydroxyl groups excluding tert-OH is 1. The molecule has 3 N–H and O–H groups in total. The minimum absolute atomic E-state index is 0.320. The van der Waals surface area contributed by atoms with Crippen molar-refractivity contribution in [2.45, 2.75) is 31.4 Å². The van der Waals surface area contributed by atoms with Gasteiger partial charge in [-0.3, -0.25) is 0 Å². The third-order valence-corrected chi connectivity index (χ3v) is 3.72. The molecule has 1 aromatic rings. The van der Waals surface area contributed by atoms with E-state index >= 15 is 0 Å². The van der Waals surface area contributed by atoms with Gasteiger partial charge in [-0.05, 0) is 36.5 Å². The molecule has 98 valence electrons. The van der Waals surface area contributed by atoms with Crippen LogP contribution in [0.15, 0.2) is 24.3 Å². The molecule has 0 bridgehead atoms. The van der Waals surface area contributed by atoms with E-state index in [2.05, 4.69) is 4.74 Å². The first-order valence-electron chi connectivity index (χ1n) is 6.25. The van der Waals surface area contributed by atoms with Crippen molar-refractivity contribution in [2.24, 2.45) is 11.7 Å². The molecule has 0 spiro atoms. The average molecular weight is 249 g/mol. The summed E-state index contributed by atoms with van der Waals surface area (Å²) in [5.41, 5.74) is 7.38. The number of nitrogens with two attached hydrogens (primary N) is 1. The van der Waals surface area contributed by atoms with Crippen molar-refractivity contribution in [3.63, 3.8) is 0 Å². The number of hydrogen-bond donors (Lipinski definition) is 2. The number of rotatable bonds is 4. The van der Waals surface area contributed by atoms with Gasteiger partial charge in [0.15, 0.2) is 0 Å². The van der Waals surface area contributed by atoms with Gasteiger partial charge in [-0.1, -0.05) is 18.6 Å². The fourth-order valence-corrected chi connectivity index (χ4v) is 2.23. The third kappa shape index (κ3) is 2.54. The Labute approximate surface area is 107 Å². The molecule has 0 radical (unpaired) electrons. The largest absolute Gasteiger partial charge is 0.465 e. The highest BCUT2D eigenvalue weighted by Gasteiger charge is 2.30. The summed E-state index contributed by atoms with van der Waals surface area (Å²) in [4.78, 5) is 11.3. The first-order chi connectivity index (χ1) is 8.63. The smallest absolute Gasteiger partial charge is 0.337 e. The Morgan fingerprint density at radius 1 is 1.39 bits per heavy atom. The second-order valence-corrected chi connectivity index (χ2v) is 4.82. The molecule has 1 saturated carbocycles. The Balaban J connectivity index is 2.06. The molecular formula is C14H19NO3. The molecule has 0 unspecified atom stereocenters. The van der Waals surface area contributed by atoms with Crippen LogP contribution in [0.3, 0.4) is 0 Å².